The fraction of sp³-hybridized carbons (Fsp3) is 0.458. The molecule has 2 aromatic carbocycles. The smallest absolute Gasteiger partial charge is 0.343 e. The molecule has 194 valence electrons. The van der Waals surface area contributed by atoms with Gasteiger partial charge in [-0.2, -0.15) is 4.72 Å². The molecule has 0 bridgehead atoms. The van der Waals surface area contributed by atoms with E-state index in [1.807, 2.05) is 47.6 Å². The SMILES string of the molecule is CC(C)c1ccc(C(C)C)c(S(=O)(=O)NC(Cc2ccc(N=C(N)N)cc2)P(=O)(O)O)c1C(C)C. The van der Waals surface area contributed by atoms with Crippen LogP contribution in [-0.2, 0) is 21.0 Å². The van der Waals surface area contributed by atoms with E-state index in [0.717, 1.165) is 5.56 Å². The molecule has 0 saturated heterocycles. The quantitative estimate of drug-likeness (QED) is 0.178. The standard InChI is InChI=1S/C24H37N4O5PS/c1-14(2)19-11-12-20(15(3)4)23(22(19)16(5)6)35(32,33)28-21(34(29,30)31)13-17-7-9-18(10-8-17)27-24(25)26/h7-12,14-16,21,28H,13H2,1-6H3,(H4,25,26,27)(H2,29,30,31). The fourth-order valence-electron chi connectivity index (χ4n) is 4.03. The Morgan fingerprint density at radius 2 is 1.43 bits per heavy atom. The van der Waals surface area contributed by atoms with Crippen molar-refractivity contribution in [3.05, 3.63) is 58.7 Å². The van der Waals surface area contributed by atoms with Gasteiger partial charge >= 0.3 is 7.60 Å². The van der Waals surface area contributed by atoms with E-state index in [-0.39, 0.29) is 35.0 Å². The Morgan fingerprint density at radius 3 is 1.86 bits per heavy atom. The second kappa shape index (κ2) is 11.2. The van der Waals surface area contributed by atoms with E-state index >= 15 is 0 Å². The van der Waals surface area contributed by atoms with Crippen LogP contribution in [0, 0.1) is 0 Å². The zero-order valence-corrected chi connectivity index (χ0v) is 22.8. The molecule has 0 heterocycles. The minimum atomic E-state index is -4.86. The normalized spacial score (nSPS) is 13.5. The van der Waals surface area contributed by atoms with Gasteiger partial charge in [-0.1, -0.05) is 65.8 Å². The molecule has 9 nitrogen and oxygen atoms in total. The van der Waals surface area contributed by atoms with E-state index in [1.165, 1.54) is 0 Å². The lowest BCUT2D eigenvalue weighted by Crippen LogP contribution is -2.37. The van der Waals surface area contributed by atoms with Gasteiger partial charge < -0.3 is 21.3 Å². The summed E-state index contributed by atoms with van der Waals surface area (Å²) < 4.78 is 42.3. The van der Waals surface area contributed by atoms with Crippen molar-refractivity contribution >= 4 is 29.3 Å². The second-order valence-electron chi connectivity index (χ2n) is 9.58. The summed E-state index contributed by atoms with van der Waals surface area (Å²) in [5.41, 5.74) is 13.9. The summed E-state index contributed by atoms with van der Waals surface area (Å²) in [6, 6.07) is 10.1. The van der Waals surface area contributed by atoms with Gasteiger partial charge in [0.2, 0.25) is 10.0 Å². The van der Waals surface area contributed by atoms with E-state index in [0.29, 0.717) is 22.4 Å². The Kier molecular flexibility index (Phi) is 9.30. The number of hydrogen-bond donors (Lipinski definition) is 5. The Bertz CT molecular complexity index is 1220. The largest absolute Gasteiger partial charge is 0.370 e. The Hall–Kier alpha value is -2.23. The van der Waals surface area contributed by atoms with E-state index < -0.39 is 23.4 Å². The molecule has 0 aliphatic rings. The minimum absolute atomic E-state index is 0.0730. The first-order chi connectivity index (χ1) is 16.0. The van der Waals surface area contributed by atoms with Crippen molar-refractivity contribution in [3.63, 3.8) is 0 Å². The van der Waals surface area contributed by atoms with Gasteiger partial charge in [0.25, 0.3) is 0 Å². The number of rotatable bonds is 10. The van der Waals surface area contributed by atoms with Crippen molar-refractivity contribution in [1.29, 1.82) is 0 Å². The molecule has 0 fully saturated rings. The van der Waals surface area contributed by atoms with Crippen LogP contribution in [0.1, 0.15) is 81.5 Å². The number of nitrogens with two attached hydrogens (primary N) is 2. The summed E-state index contributed by atoms with van der Waals surface area (Å²) in [5.74, 6) is -1.93. The second-order valence-corrected chi connectivity index (χ2v) is 13.0. The van der Waals surface area contributed by atoms with Crippen molar-refractivity contribution in [2.24, 2.45) is 16.5 Å². The van der Waals surface area contributed by atoms with Crippen molar-refractivity contribution in [2.75, 3.05) is 0 Å². The van der Waals surface area contributed by atoms with Gasteiger partial charge in [0.1, 0.15) is 5.78 Å². The summed E-state index contributed by atoms with van der Waals surface area (Å²) >= 11 is 0. The molecule has 2 aromatic rings. The molecule has 0 aromatic heterocycles. The van der Waals surface area contributed by atoms with Gasteiger partial charge in [-0.15, -0.1) is 0 Å². The Morgan fingerprint density at radius 1 is 0.914 bits per heavy atom. The highest BCUT2D eigenvalue weighted by atomic mass is 32.2. The van der Waals surface area contributed by atoms with Crippen LogP contribution in [0.25, 0.3) is 0 Å². The highest BCUT2D eigenvalue weighted by Gasteiger charge is 2.36. The molecule has 7 N–H and O–H groups in total. The zero-order valence-electron chi connectivity index (χ0n) is 21.1. The lowest BCUT2D eigenvalue weighted by Gasteiger charge is -2.27. The van der Waals surface area contributed by atoms with Crippen molar-refractivity contribution in [1.82, 2.24) is 4.72 Å². The molecule has 0 aliphatic heterocycles. The number of nitrogens with one attached hydrogen (secondary N) is 1. The molecule has 0 aliphatic carbocycles. The number of guanidine groups is 1. The van der Waals surface area contributed by atoms with Gasteiger partial charge in [-0.25, -0.2) is 13.4 Å². The van der Waals surface area contributed by atoms with Crippen LogP contribution in [0.5, 0.6) is 0 Å². The molecule has 0 radical (unpaired) electrons. The lowest BCUT2D eigenvalue weighted by molar-refractivity contribution is 0.353. The Balaban J connectivity index is 2.58. The van der Waals surface area contributed by atoms with E-state index in [1.54, 1.807) is 30.3 Å². The summed E-state index contributed by atoms with van der Waals surface area (Å²) in [6.45, 7) is 11.6. The van der Waals surface area contributed by atoms with Crippen molar-refractivity contribution in [2.45, 2.75) is 76.4 Å². The van der Waals surface area contributed by atoms with Crippen LogP contribution < -0.4 is 16.2 Å². The third-order valence-corrected chi connectivity index (χ3v) is 8.56. The average molecular weight is 525 g/mol. The summed E-state index contributed by atoms with van der Waals surface area (Å²) in [5, 5.41) is 0. The van der Waals surface area contributed by atoms with Crippen LogP contribution in [0.2, 0.25) is 0 Å². The first-order valence-electron chi connectivity index (χ1n) is 11.5. The minimum Gasteiger partial charge on any atom is -0.370 e. The maximum Gasteiger partial charge on any atom is 0.343 e. The van der Waals surface area contributed by atoms with Crippen LogP contribution in [0.4, 0.5) is 5.69 Å². The number of aliphatic imine (C=N–C) groups is 1. The molecular formula is C24H37N4O5PS. The zero-order chi connectivity index (χ0) is 26.7. The molecule has 1 atom stereocenters. The van der Waals surface area contributed by atoms with Crippen molar-refractivity contribution in [3.8, 4) is 0 Å². The highest BCUT2D eigenvalue weighted by Crippen LogP contribution is 2.43. The predicted molar refractivity (Wildman–Crippen MR) is 140 cm³/mol. The fourth-order valence-corrected chi connectivity index (χ4v) is 7.26. The van der Waals surface area contributed by atoms with Gasteiger partial charge in [-0.3, -0.25) is 4.57 Å². The molecule has 0 spiro atoms. The molecule has 11 heteroatoms. The number of hydrogen-bond acceptors (Lipinski definition) is 4. The summed E-state index contributed by atoms with van der Waals surface area (Å²) in [4.78, 5) is 24.1. The monoisotopic (exact) mass is 524 g/mol. The van der Waals surface area contributed by atoms with E-state index in [9.17, 15) is 22.8 Å². The van der Waals surface area contributed by atoms with E-state index in [2.05, 4.69) is 9.71 Å². The first-order valence-corrected chi connectivity index (χ1v) is 14.6. The third kappa shape index (κ3) is 7.38. The molecular weight excluding hydrogens is 487 g/mol. The van der Waals surface area contributed by atoms with Gasteiger partial charge in [-0.05, 0) is 52.1 Å². The summed E-state index contributed by atoms with van der Waals surface area (Å²) in [7, 11) is -9.15. The van der Waals surface area contributed by atoms with Gasteiger partial charge in [0.05, 0.1) is 10.6 Å². The molecule has 1 unspecified atom stereocenters. The average Bonchev–Trinajstić information content (AvgIpc) is 2.72. The highest BCUT2D eigenvalue weighted by molar-refractivity contribution is 7.90. The number of benzene rings is 2. The molecule has 0 amide bonds. The number of nitrogens with zero attached hydrogens (tertiary/aromatic N) is 1. The molecule has 2 rings (SSSR count). The van der Waals surface area contributed by atoms with Crippen LogP contribution in [-0.4, -0.2) is 29.9 Å². The predicted octanol–water partition coefficient (Wildman–Crippen LogP) is 3.99. The third-order valence-electron chi connectivity index (χ3n) is 5.67. The van der Waals surface area contributed by atoms with Crippen LogP contribution >= 0.6 is 7.60 Å². The molecule has 35 heavy (non-hydrogen) atoms. The number of sulfonamides is 1. The summed E-state index contributed by atoms with van der Waals surface area (Å²) in [6.07, 6.45) is -0.219. The first kappa shape index (κ1) is 29.0. The van der Waals surface area contributed by atoms with Gasteiger partial charge in [0.15, 0.2) is 5.96 Å². The van der Waals surface area contributed by atoms with Crippen LogP contribution in [0.15, 0.2) is 46.3 Å². The maximum absolute atomic E-state index is 13.8. The lowest BCUT2D eigenvalue weighted by atomic mass is 9.87. The van der Waals surface area contributed by atoms with Crippen molar-refractivity contribution < 1.29 is 22.8 Å². The molecule has 0 saturated carbocycles. The topological polar surface area (TPSA) is 168 Å². The van der Waals surface area contributed by atoms with Gasteiger partial charge in [0, 0.05) is 6.42 Å². The van der Waals surface area contributed by atoms with Crippen LogP contribution in [0.3, 0.4) is 0 Å². The Labute approximate surface area is 208 Å². The van der Waals surface area contributed by atoms with E-state index in [4.69, 9.17) is 11.5 Å². The maximum atomic E-state index is 13.8.